The zero-order valence-corrected chi connectivity index (χ0v) is 19.6. The lowest BCUT2D eigenvalue weighted by atomic mass is 9.53. The van der Waals surface area contributed by atoms with Crippen LogP contribution in [-0.4, -0.2) is 17.8 Å². The van der Waals surface area contributed by atoms with E-state index in [2.05, 4.69) is 102 Å². The van der Waals surface area contributed by atoms with Gasteiger partial charge in [-0.2, -0.15) is 22.7 Å². The molecule has 2 heterocycles. The summed E-state index contributed by atoms with van der Waals surface area (Å²) in [6, 6.07) is 21.5. The van der Waals surface area contributed by atoms with Crippen LogP contribution in [0.15, 0.2) is 60.7 Å². The van der Waals surface area contributed by atoms with Crippen LogP contribution in [-0.2, 0) is 9.31 Å². The van der Waals surface area contributed by atoms with Crippen molar-refractivity contribution < 1.29 is 9.31 Å². The average Bonchev–Trinajstić information content (AvgIpc) is 3.23. The standard InChI is InChI=1S/C24H28BO2S2/c1-23(2,3)26-25(27-24(4,5)6,21-15-17-11-7-9-13-19(17)28-21)22-16-18-12-8-10-14-20(18)29-22/h7-16H,1-6H3/q-1. The minimum absolute atomic E-state index is 0.363. The lowest BCUT2D eigenvalue weighted by Crippen LogP contribution is -2.66. The first-order chi connectivity index (χ1) is 13.6. The summed E-state index contributed by atoms with van der Waals surface area (Å²) < 4.78 is 18.6. The van der Waals surface area contributed by atoms with Crippen LogP contribution >= 0.6 is 22.7 Å². The van der Waals surface area contributed by atoms with Gasteiger partial charge in [-0.15, -0.1) is 0 Å². The maximum atomic E-state index is 6.89. The molecule has 0 aliphatic heterocycles. The quantitative estimate of drug-likeness (QED) is 0.359. The maximum Gasteiger partial charge on any atom is 0.318 e. The van der Waals surface area contributed by atoms with E-state index in [0.717, 1.165) is 9.55 Å². The first kappa shape index (κ1) is 20.6. The highest BCUT2D eigenvalue weighted by atomic mass is 32.1. The van der Waals surface area contributed by atoms with Gasteiger partial charge in [0.05, 0.1) is 0 Å². The van der Waals surface area contributed by atoms with Gasteiger partial charge in [-0.3, -0.25) is 0 Å². The molecule has 152 valence electrons. The van der Waals surface area contributed by atoms with Crippen LogP contribution in [0.3, 0.4) is 0 Å². The predicted molar refractivity (Wildman–Crippen MR) is 130 cm³/mol. The molecular weight excluding hydrogens is 395 g/mol. The molecule has 0 amide bonds. The molecule has 5 heteroatoms. The van der Waals surface area contributed by atoms with Gasteiger partial charge in [0.15, 0.2) is 0 Å². The molecule has 2 nitrogen and oxygen atoms in total. The third kappa shape index (κ3) is 4.29. The van der Waals surface area contributed by atoms with Crippen molar-refractivity contribution in [2.45, 2.75) is 52.7 Å². The predicted octanol–water partition coefficient (Wildman–Crippen LogP) is 6.30. The van der Waals surface area contributed by atoms with Crippen molar-refractivity contribution in [3.05, 3.63) is 60.7 Å². The molecule has 2 aromatic carbocycles. The van der Waals surface area contributed by atoms with Crippen molar-refractivity contribution in [3.63, 3.8) is 0 Å². The van der Waals surface area contributed by atoms with Crippen molar-refractivity contribution >= 4 is 59.0 Å². The summed E-state index contributed by atoms with van der Waals surface area (Å²) in [7, 11) is 0. The summed E-state index contributed by atoms with van der Waals surface area (Å²) in [5.41, 5.74) is -0.727. The molecule has 0 aliphatic rings. The summed E-state index contributed by atoms with van der Waals surface area (Å²) in [6.45, 7) is 10.8. The molecule has 0 saturated heterocycles. The summed E-state index contributed by atoms with van der Waals surface area (Å²) in [4.78, 5) is 0. The van der Waals surface area contributed by atoms with Crippen molar-refractivity contribution in [2.75, 3.05) is 0 Å². The Kier molecular flexibility index (Phi) is 5.15. The SMILES string of the molecule is CC(C)(C)O[B-](OC(C)(C)C)(c1cc2ccccc2s1)c1cc2ccccc2s1. The molecule has 0 saturated carbocycles. The average molecular weight is 423 g/mol. The van der Waals surface area contributed by atoms with Crippen LogP contribution in [0.25, 0.3) is 20.2 Å². The number of hydrogen-bond donors (Lipinski definition) is 0. The summed E-state index contributed by atoms with van der Waals surface area (Å²) in [5.74, 6) is 0. The Morgan fingerprint density at radius 3 is 1.34 bits per heavy atom. The van der Waals surface area contributed by atoms with E-state index in [4.69, 9.17) is 9.31 Å². The normalized spacial score (nSPS) is 13.4. The third-order valence-electron chi connectivity index (χ3n) is 4.68. The number of fused-ring (bicyclic) bond motifs is 2. The Hall–Kier alpha value is -1.66. The van der Waals surface area contributed by atoms with Gasteiger partial charge in [0.1, 0.15) is 0 Å². The Labute approximate surface area is 181 Å². The fourth-order valence-corrected chi connectivity index (χ4v) is 6.27. The third-order valence-corrected chi connectivity index (χ3v) is 7.19. The van der Waals surface area contributed by atoms with Crippen molar-refractivity contribution in [3.8, 4) is 0 Å². The molecule has 2 aromatic heterocycles. The Balaban J connectivity index is 2.01. The molecule has 29 heavy (non-hydrogen) atoms. The highest BCUT2D eigenvalue weighted by Crippen LogP contribution is 2.32. The second-order valence-corrected chi connectivity index (χ2v) is 11.8. The fourth-order valence-electron chi connectivity index (χ4n) is 3.77. The van der Waals surface area contributed by atoms with Crippen molar-refractivity contribution in [1.82, 2.24) is 0 Å². The molecule has 0 N–H and O–H groups in total. The minimum atomic E-state index is -1.86. The first-order valence-electron chi connectivity index (χ1n) is 10.1. The molecular formula is C24H28BO2S2-. The fraction of sp³-hybridized carbons (Fsp3) is 0.333. The minimum Gasteiger partial charge on any atom is -0.556 e. The molecule has 0 aliphatic carbocycles. The van der Waals surface area contributed by atoms with Crippen LogP contribution < -0.4 is 9.55 Å². The van der Waals surface area contributed by atoms with Crippen LogP contribution in [0.5, 0.6) is 0 Å². The van der Waals surface area contributed by atoms with Crippen LogP contribution in [0, 0.1) is 0 Å². The molecule has 4 aromatic rings. The van der Waals surface area contributed by atoms with E-state index in [0.29, 0.717) is 0 Å². The molecule has 4 rings (SSSR count). The number of hydrogen-bond acceptors (Lipinski definition) is 4. The molecule has 0 radical (unpaired) electrons. The number of rotatable bonds is 4. The Bertz CT molecular complexity index is 987. The van der Waals surface area contributed by atoms with E-state index in [1.807, 2.05) is 0 Å². The second-order valence-electron chi connectivity index (χ2n) is 9.55. The van der Waals surface area contributed by atoms with Gasteiger partial charge in [0.25, 0.3) is 0 Å². The molecule has 0 fully saturated rings. The number of benzene rings is 2. The van der Waals surface area contributed by atoms with Crippen molar-refractivity contribution in [1.29, 1.82) is 0 Å². The molecule has 0 unspecified atom stereocenters. The van der Waals surface area contributed by atoms with Crippen LogP contribution in [0.2, 0.25) is 0 Å². The lowest BCUT2D eigenvalue weighted by Gasteiger charge is -2.50. The second kappa shape index (κ2) is 7.24. The zero-order valence-electron chi connectivity index (χ0n) is 18.0. The van der Waals surface area contributed by atoms with E-state index >= 15 is 0 Å². The largest absolute Gasteiger partial charge is 0.556 e. The Morgan fingerprint density at radius 2 is 1.00 bits per heavy atom. The van der Waals surface area contributed by atoms with Gasteiger partial charge >= 0.3 is 6.55 Å². The van der Waals surface area contributed by atoms with Gasteiger partial charge in [-0.1, -0.05) is 58.1 Å². The van der Waals surface area contributed by atoms with E-state index in [1.54, 1.807) is 22.7 Å². The lowest BCUT2D eigenvalue weighted by molar-refractivity contribution is 0.0304. The van der Waals surface area contributed by atoms with E-state index in [-0.39, 0.29) is 11.2 Å². The monoisotopic (exact) mass is 423 g/mol. The van der Waals surface area contributed by atoms with E-state index in [9.17, 15) is 0 Å². The molecule has 0 atom stereocenters. The van der Waals surface area contributed by atoms with E-state index < -0.39 is 6.55 Å². The van der Waals surface area contributed by atoms with Gasteiger partial charge in [0.2, 0.25) is 0 Å². The highest BCUT2D eigenvalue weighted by molar-refractivity contribution is 7.38. The van der Waals surface area contributed by atoms with Crippen LogP contribution in [0.1, 0.15) is 41.5 Å². The van der Waals surface area contributed by atoms with E-state index in [1.165, 1.54) is 20.2 Å². The highest BCUT2D eigenvalue weighted by Gasteiger charge is 2.40. The van der Waals surface area contributed by atoms with Gasteiger partial charge in [-0.05, 0) is 64.4 Å². The maximum absolute atomic E-state index is 6.89. The number of thiophene rings is 2. The van der Waals surface area contributed by atoms with Gasteiger partial charge < -0.3 is 9.31 Å². The first-order valence-corrected chi connectivity index (χ1v) is 11.7. The zero-order chi connectivity index (χ0) is 20.9. The summed E-state index contributed by atoms with van der Waals surface area (Å²) >= 11 is 3.55. The molecule has 0 bridgehead atoms. The topological polar surface area (TPSA) is 18.5 Å². The van der Waals surface area contributed by atoms with Crippen LogP contribution in [0.4, 0.5) is 0 Å². The summed E-state index contributed by atoms with van der Waals surface area (Å²) in [6.07, 6.45) is 0. The molecule has 0 spiro atoms. The smallest absolute Gasteiger partial charge is 0.318 e. The van der Waals surface area contributed by atoms with Gasteiger partial charge in [0, 0.05) is 20.6 Å². The summed E-state index contributed by atoms with van der Waals surface area (Å²) in [5, 5.41) is 2.46. The van der Waals surface area contributed by atoms with Gasteiger partial charge in [-0.25, -0.2) is 0 Å². The Morgan fingerprint density at radius 1 is 0.621 bits per heavy atom. The van der Waals surface area contributed by atoms with Crippen molar-refractivity contribution in [2.24, 2.45) is 0 Å².